The SMILES string of the molecule is CCCC[C@H](NC(=O)[C@H](CN(CC(=O)O)CC(=O)O)NC(=O)[C@H](Cc1ccc(O)cc1)NC(=O)[C@H](CCC(N)=O)NC(=O)[C@H](CO)NC(=O)CNC(=O)COCCOCCNC(=O)CCCCCCCCCCCCCCCc1nnn[nH]1)C(=O)N[C@H]1CCC(=O)NCCCC[C@@H](C(N)=O)NC(=O)[C@@H](Cc2c[nH]c3ccccc23)NC(=O)[C@H](CCCNC(=N)N)NC(=O)[C@@H](Cc2ccccc2)NC(=O)[C@@H]2C[C@@H](O)CN2C1=O. The first-order valence-electron chi connectivity index (χ1n) is 50.1. The first-order valence-corrected chi connectivity index (χ1v) is 50.1. The molecule has 808 valence electrons. The first kappa shape index (κ1) is 120. The summed E-state index contributed by atoms with van der Waals surface area (Å²) in [6.45, 7) is -4.17. The molecule has 0 aliphatic carbocycles. The number of unbranched alkanes of at least 4 members (excludes halogenated alkanes) is 13. The standard InChI is InChI=1S/C97H145N25O25/c1-2-3-28-68(87(136)112-71-39-41-81(128)102-42-23-22-30-67(86(99)135)108-92(141)74(50-62-52-105-66-29-21-20-27-65(62)66)114-88(137)69(31-24-43-104-97(100)101)109-90(139)73(48-60-25-16-15-17-26-60)115-95(144)77-51-64(125)54-122(77)96(71)145)110-93(142)75(55-121(56-84(131)132)57-85(133)134)116-91(140)72(49-61-34-36-63(124)37-35-61)113-89(138)70(38-40-78(98)126)111-94(143)76(58-123)107-82(129)53-106-83(130)59-147-47-46-146-45-44-103-80(127)33-19-14-12-10-8-6-4-5-7-9-11-13-18-32-79-117-119-120-118-79/h15-17,20-21,25-27,29,34-37,52,64,67-77,105,123-125H,2-14,18-19,22-24,28,30-33,38-51,53-59H2,1H3,(H2,98,126)(H2,99,135)(H,102,128)(H,103,127)(H,106,130)(H,107,129)(H,108,141)(H,109,139)(H,110,142)(H,111,143)(H,112,136)(H,113,138)(H,114,137)(H,115,144)(H,116,140)(H,131,132)(H,133,134)(H4,100,101,104)(H,117,118,119,120)/t64-,67+,68+,69+,70+,71+,72+,73-,74-,75+,76+,77+/m1/s1. The molecule has 0 spiro atoms. The van der Waals surface area contributed by atoms with Crippen molar-refractivity contribution in [3.8, 4) is 5.75 Å². The Morgan fingerprint density at radius 2 is 1.18 bits per heavy atom. The molecule has 0 unspecified atom stereocenters. The number of benzene rings is 3. The summed E-state index contributed by atoms with van der Waals surface area (Å²) >= 11 is 0. The minimum Gasteiger partial charge on any atom is -0.508 e. The number of primary amides is 2. The van der Waals surface area contributed by atoms with Crippen LogP contribution in [0.15, 0.2) is 85.1 Å². The number of nitrogens with one attached hydrogen (secondary N) is 17. The number of carboxylic acids is 2. The number of amides is 16. The smallest absolute Gasteiger partial charge is 0.317 e. The third kappa shape index (κ3) is 45.8. The number of hydrogen-bond donors (Lipinski definition) is 25. The van der Waals surface area contributed by atoms with Crippen molar-refractivity contribution in [2.24, 2.45) is 17.2 Å². The van der Waals surface area contributed by atoms with Gasteiger partial charge >= 0.3 is 11.9 Å². The fraction of sp³-hybridized carbons (Fsp3) is 0.588. The number of carbonyl (C=O) groups excluding carboxylic acids is 16. The van der Waals surface area contributed by atoms with Crippen LogP contribution in [0.4, 0.5) is 0 Å². The van der Waals surface area contributed by atoms with E-state index in [1.54, 1.807) is 67.7 Å². The number of aliphatic hydroxyl groups is 2. The summed E-state index contributed by atoms with van der Waals surface area (Å²) in [5.41, 5.74) is 18.9. The van der Waals surface area contributed by atoms with Crippen LogP contribution < -0.4 is 91.6 Å². The molecular formula is C97H145N25O25. The van der Waals surface area contributed by atoms with E-state index in [9.17, 15) is 83.1 Å². The van der Waals surface area contributed by atoms with Crippen molar-refractivity contribution in [3.05, 3.63) is 108 Å². The van der Waals surface area contributed by atoms with Crippen LogP contribution in [0, 0.1) is 5.41 Å². The van der Waals surface area contributed by atoms with Gasteiger partial charge in [-0.2, -0.15) is 0 Å². The van der Waals surface area contributed by atoms with Crippen molar-refractivity contribution in [2.45, 2.75) is 279 Å². The number of rotatable bonds is 61. The molecule has 2 aromatic heterocycles. The van der Waals surface area contributed by atoms with E-state index in [0.29, 0.717) is 39.8 Å². The van der Waals surface area contributed by atoms with E-state index in [1.807, 2.05) is 0 Å². The minimum atomic E-state index is -2.13. The van der Waals surface area contributed by atoms with Crippen LogP contribution in [0.25, 0.3) is 10.9 Å². The number of fused-ring (bicyclic) bond motifs is 2. The van der Waals surface area contributed by atoms with Gasteiger partial charge in [-0.05, 0) is 110 Å². The van der Waals surface area contributed by atoms with Gasteiger partial charge in [-0.3, -0.25) is 96.6 Å². The molecule has 16 amide bonds. The number of nitrogens with zero attached hydrogens (tertiary/aromatic N) is 5. The number of para-hydroxylation sites is 1. The summed E-state index contributed by atoms with van der Waals surface area (Å²) in [6, 6.07) is 1.47. The molecule has 12 atom stereocenters. The Morgan fingerprint density at radius 1 is 0.578 bits per heavy atom. The second kappa shape index (κ2) is 65.9. The molecule has 2 fully saturated rings. The Balaban J connectivity index is 1.03. The summed E-state index contributed by atoms with van der Waals surface area (Å²) in [5.74, 6) is -18.9. The number of tetrazole rings is 1. The van der Waals surface area contributed by atoms with Crippen LogP contribution in [0.3, 0.4) is 0 Å². The third-order valence-corrected chi connectivity index (χ3v) is 24.6. The second-order valence-electron chi connectivity index (χ2n) is 36.5. The highest BCUT2D eigenvalue weighted by molar-refractivity contribution is 6.01. The van der Waals surface area contributed by atoms with Gasteiger partial charge in [0, 0.05) is 101 Å². The number of carbonyl (C=O) groups is 18. The van der Waals surface area contributed by atoms with E-state index in [-0.39, 0.29) is 114 Å². The van der Waals surface area contributed by atoms with Crippen LogP contribution in [0.1, 0.15) is 203 Å². The molecule has 3 aromatic carbocycles. The number of guanidine groups is 1. The molecule has 7 rings (SSSR count). The summed E-state index contributed by atoms with van der Waals surface area (Å²) in [5, 5.41) is 110. The Kier molecular flexibility index (Phi) is 53.6. The molecule has 50 nitrogen and oxygen atoms in total. The number of nitrogens with two attached hydrogens (primary N) is 3. The fourth-order valence-electron chi connectivity index (χ4n) is 16.7. The lowest BCUT2D eigenvalue weighted by Crippen LogP contribution is -2.62. The highest BCUT2D eigenvalue weighted by atomic mass is 16.5. The molecule has 0 saturated carbocycles. The maximum atomic E-state index is 15.5. The molecule has 2 saturated heterocycles. The summed E-state index contributed by atoms with van der Waals surface area (Å²) in [4.78, 5) is 257. The Labute approximate surface area is 850 Å². The predicted molar refractivity (Wildman–Crippen MR) is 531 cm³/mol. The highest BCUT2D eigenvalue weighted by Gasteiger charge is 2.45. The third-order valence-electron chi connectivity index (χ3n) is 24.6. The largest absolute Gasteiger partial charge is 0.508 e. The van der Waals surface area contributed by atoms with Crippen molar-refractivity contribution in [3.63, 3.8) is 0 Å². The topological polar surface area (TPSA) is 774 Å². The molecule has 2 aliphatic rings. The molecule has 2 aliphatic heterocycles. The van der Waals surface area contributed by atoms with E-state index in [2.05, 4.69) is 100 Å². The lowest BCUT2D eigenvalue weighted by Gasteiger charge is -2.31. The van der Waals surface area contributed by atoms with Gasteiger partial charge < -0.3 is 137 Å². The first-order chi connectivity index (χ1) is 70.6. The Bertz CT molecular complexity index is 5080. The van der Waals surface area contributed by atoms with Crippen molar-refractivity contribution < 1.29 is 121 Å². The Hall–Kier alpha value is -14.4. The van der Waals surface area contributed by atoms with Gasteiger partial charge in [0.1, 0.15) is 84.6 Å². The molecular weight excluding hydrogens is 1920 g/mol. The number of aryl methyl sites for hydroxylation is 1. The van der Waals surface area contributed by atoms with Crippen LogP contribution in [0.5, 0.6) is 5.75 Å². The molecule has 0 radical (unpaired) electrons. The number of aliphatic carboxylic acids is 2. The average Bonchev–Trinajstić information content (AvgIpc) is 1.68. The van der Waals surface area contributed by atoms with Crippen molar-refractivity contribution in [2.75, 3.05) is 85.4 Å². The molecule has 5 aromatic rings. The fourth-order valence-corrected chi connectivity index (χ4v) is 16.7. The molecule has 0 bridgehead atoms. The summed E-state index contributed by atoms with van der Waals surface area (Å²) < 4.78 is 10.8. The second-order valence-corrected chi connectivity index (χ2v) is 36.5. The van der Waals surface area contributed by atoms with Gasteiger partial charge in [0.2, 0.25) is 94.5 Å². The van der Waals surface area contributed by atoms with Gasteiger partial charge in [0.25, 0.3) is 0 Å². The van der Waals surface area contributed by atoms with Gasteiger partial charge in [-0.25, -0.2) is 5.10 Å². The zero-order valence-electron chi connectivity index (χ0n) is 83.0. The van der Waals surface area contributed by atoms with Crippen LogP contribution in [0.2, 0.25) is 0 Å². The minimum absolute atomic E-state index is 0.0162. The van der Waals surface area contributed by atoms with Crippen LogP contribution in [-0.4, -0.2) is 331 Å². The van der Waals surface area contributed by atoms with E-state index < -0.39 is 264 Å². The highest BCUT2D eigenvalue weighted by Crippen LogP contribution is 2.25. The number of aromatic amines is 2. The van der Waals surface area contributed by atoms with Crippen LogP contribution in [-0.2, 0) is 121 Å². The predicted octanol–water partition coefficient (Wildman–Crippen LogP) is -3.06. The summed E-state index contributed by atoms with van der Waals surface area (Å²) in [7, 11) is 0. The number of H-pyrrole nitrogens is 2. The maximum Gasteiger partial charge on any atom is 0.317 e. The van der Waals surface area contributed by atoms with Gasteiger partial charge in [0.15, 0.2) is 5.96 Å². The average molecular weight is 2060 g/mol. The van der Waals surface area contributed by atoms with E-state index in [0.717, 1.165) is 49.2 Å². The number of carboxylic acid groups (broad SMARTS) is 2. The molecule has 50 heteroatoms. The van der Waals surface area contributed by atoms with Gasteiger partial charge in [-0.15, -0.1) is 5.10 Å². The Morgan fingerprint density at radius 3 is 1.83 bits per heavy atom. The van der Waals surface area contributed by atoms with E-state index >= 15 is 28.8 Å². The molecule has 4 heterocycles. The zero-order valence-corrected chi connectivity index (χ0v) is 83.0. The number of hydrogen-bond acceptors (Lipinski definition) is 28. The zero-order chi connectivity index (χ0) is 107. The van der Waals surface area contributed by atoms with Gasteiger partial charge in [0.05, 0.1) is 52.2 Å². The van der Waals surface area contributed by atoms with Crippen molar-refractivity contribution in [1.82, 2.24) is 110 Å². The number of aliphatic hydroxyl groups excluding tert-OH is 2. The lowest BCUT2D eigenvalue weighted by atomic mass is 10.0. The van der Waals surface area contributed by atoms with Crippen molar-refractivity contribution >= 4 is 123 Å². The molecule has 147 heavy (non-hydrogen) atoms. The quantitative estimate of drug-likeness (QED) is 0.0104. The van der Waals surface area contributed by atoms with E-state index in [1.165, 1.54) is 75.6 Å². The maximum absolute atomic E-state index is 15.5. The lowest BCUT2D eigenvalue weighted by molar-refractivity contribution is -0.144. The summed E-state index contributed by atoms with van der Waals surface area (Å²) in [6.07, 6.45) is 12.5. The molecule has 28 N–H and O–H groups in total. The number of phenolic OH excluding ortho intramolecular Hbond substituents is 1. The number of ether oxygens (including phenoxy) is 2. The van der Waals surface area contributed by atoms with Crippen LogP contribution >= 0.6 is 0 Å². The van der Waals surface area contributed by atoms with Crippen molar-refractivity contribution in [1.29, 1.82) is 5.41 Å². The number of aromatic hydroxyl groups is 1. The number of aromatic nitrogens is 5. The number of phenols is 1. The normalized spacial score (nSPS) is 18.2. The van der Waals surface area contributed by atoms with E-state index in [4.69, 9.17) is 32.1 Å². The van der Waals surface area contributed by atoms with Gasteiger partial charge in [-0.1, -0.05) is 151 Å². The monoisotopic (exact) mass is 2060 g/mol.